The van der Waals surface area contributed by atoms with Crippen molar-refractivity contribution in [3.63, 3.8) is 0 Å². The molecule has 0 bridgehead atoms. The maximum atomic E-state index is 13.6. The summed E-state index contributed by atoms with van der Waals surface area (Å²) in [5, 5.41) is 9.57. The third kappa shape index (κ3) is 9.49. The molecule has 0 unspecified atom stereocenters. The molecule has 0 aromatic heterocycles. The van der Waals surface area contributed by atoms with Crippen molar-refractivity contribution in [2.75, 3.05) is 26.3 Å². The molecular formula is C30H42N2O7. The summed E-state index contributed by atoms with van der Waals surface area (Å²) in [6.07, 6.45) is 5.61. The van der Waals surface area contributed by atoms with Gasteiger partial charge in [0, 0.05) is 26.1 Å². The second-order valence-corrected chi connectivity index (χ2v) is 11.3. The second-order valence-electron chi connectivity index (χ2n) is 11.3. The average molecular weight is 543 g/mol. The normalized spacial score (nSPS) is 23.2. The Kier molecular flexibility index (Phi) is 11.1. The lowest BCUT2D eigenvalue weighted by atomic mass is 9.95. The summed E-state index contributed by atoms with van der Waals surface area (Å²) in [5.74, 6) is -2.53. The van der Waals surface area contributed by atoms with Gasteiger partial charge in [0.1, 0.15) is 12.2 Å². The van der Waals surface area contributed by atoms with E-state index in [2.05, 4.69) is 0 Å². The van der Waals surface area contributed by atoms with Gasteiger partial charge in [-0.3, -0.25) is 19.2 Å². The topological polar surface area (TPSA) is 113 Å². The number of esters is 2. The Bertz CT molecular complexity index is 1020. The Labute approximate surface area is 231 Å². The van der Waals surface area contributed by atoms with Crippen LogP contribution in [0.15, 0.2) is 42.5 Å². The summed E-state index contributed by atoms with van der Waals surface area (Å²) in [7, 11) is 0. The van der Waals surface area contributed by atoms with Crippen LogP contribution in [-0.4, -0.2) is 76.6 Å². The van der Waals surface area contributed by atoms with Gasteiger partial charge in [0.25, 0.3) is 0 Å². The van der Waals surface area contributed by atoms with Crippen LogP contribution in [-0.2, 0) is 35.2 Å². The summed E-state index contributed by atoms with van der Waals surface area (Å²) < 4.78 is 11.0. The molecule has 1 fully saturated rings. The molecule has 1 aromatic rings. The van der Waals surface area contributed by atoms with Crippen LogP contribution in [0.2, 0.25) is 0 Å². The van der Waals surface area contributed by atoms with Gasteiger partial charge in [-0.05, 0) is 52.0 Å². The van der Waals surface area contributed by atoms with Gasteiger partial charge in [0.2, 0.25) is 11.8 Å². The molecule has 0 spiro atoms. The van der Waals surface area contributed by atoms with Crippen molar-refractivity contribution in [1.29, 1.82) is 0 Å². The van der Waals surface area contributed by atoms with Gasteiger partial charge in [-0.2, -0.15) is 0 Å². The molecule has 2 amide bonds. The maximum Gasteiger partial charge on any atom is 0.309 e. The van der Waals surface area contributed by atoms with Crippen LogP contribution >= 0.6 is 0 Å². The molecule has 2 heterocycles. The Morgan fingerprint density at radius 1 is 1.08 bits per heavy atom. The highest BCUT2D eigenvalue weighted by atomic mass is 16.6. The lowest BCUT2D eigenvalue weighted by molar-refractivity contribution is -0.162. The lowest BCUT2D eigenvalue weighted by Crippen LogP contribution is -2.44. The number of fused-ring (bicyclic) bond motifs is 1. The Hall–Kier alpha value is -3.20. The fourth-order valence-corrected chi connectivity index (χ4v) is 5.03. The summed E-state index contributed by atoms with van der Waals surface area (Å²) in [6, 6.07) is 9.28. The standard InChI is InChI=1S/C30H42N2O7/c1-30(2,3)39-27(35)19-24-13-8-7-12-23(28(36)32-15-9-14-25(32)21-38-29(24)37)18-26(34)31(16-17-33)20-22-10-5-4-6-11-22/h4-8,10-11,23-25,33H,9,12-21H2,1-3H3/b8-7-/t23-,24+,25-/m1/s1. The van der Waals surface area contributed by atoms with Crippen LogP contribution in [0.5, 0.6) is 0 Å². The van der Waals surface area contributed by atoms with Crippen LogP contribution < -0.4 is 0 Å². The van der Waals surface area contributed by atoms with Crippen LogP contribution in [0.25, 0.3) is 0 Å². The second kappa shape index (κ2) is 14.3. The van der Waals surface area contributed by atoms with E-state index in [0.29, 0.717) is 25.9 Å². The number of hydrogen-bond acceptors (Lipinski definition) is 7. The number of cyclic esters (lactones) is 1. The third-order valence-electron chi connectivity index (χ3n) is 6.96. The molecule has 9 nitrogen and oxygen atoms in total. The van der Waals surface area contributed by atoms with Crippen molar-refractivity contribution in [1.82, 2.24) is 9.80 Å². The fraction of sp³-hybridized carbons (Fsp3) is 0.600. The molecule has 1 saturated heterocycles. The molecule has 2 aliphatic rings. The molecule has 3 rings (SSSR count). The average Bonchev–Trinajstić information content (AvgIpc) is 3.35. The zero-order valence-electron chi connectivity index (χ0n) is 23.3. The summed E-state index contributed by atoms with van der Waals surface area (Å²) in [4.78, 5) is 55.6. The molecule has 1 aromatic carbocycles. The first kappa shape index (κ1) is 30.3. The monoisotopic (exact) mass is 542 g/mol. The molecular weight excluding hydrogens is 500 g/mol. The van der Waals surface area contributed by atoms with Crippen molar-refractivity contribution in [2.45, 2.75) is 77.5 Å². The Balaban J connectivity index is 1.76. The highest BCUT2D eigenvalue weighted by Crippen LogP contribution is 2.26. The van der Waals surface area contributed by atoms with Gasteiger partial charge in [-0.15, -0.1) is 0 Å². The number of ether oxygens (including phenoxy) is 2. The first-order chi connectivity index (χ1) is 18.6. The smallest absolute Gasteiger partial charge is 0.309 e. The number of hydrogen-bond donors (Lipinski definition) is 1. The van der Waals surface area contributed by atoms with Gasteiger partial charge in [-0.1, -0.05) is 42.5 Å². The van der Waals surface area contributed by atoms with Crippen molar-refractivity contribution in [2.24, 2.45) is 11.8 Å². The van der Waals surface area contributed by atoms with Crippen LogP contribution in [0.1, 0.15) is 64.9 Å². The van der Waals surface area contributed by atoms with Crippen LogP contribution in [0, 0.1) is 11.8 Å². The van der Waals surface area contributed by atoms with Gasteiger partial charge >= 0.3 is 11.9 Å². The number of carbonyl (C=O) groups excluding carboxylic acids is 4. The van der Waals surface area contributed by atoms with Crippen molar-refractivity contribution in [3.8, 4) is 0 Å². The number of carbonyl (C=O) groups is 4. The van der Waals surface area contributed by atoms with Gasteiger partial charge in [0.05, 0.1) is 30.9 Å². The lowest BCUT2D eigenvalue weighted by Gasteiger charge is -2.30. The Morgan fingerprint density at radius 2 is 1.77 bits per heavy atom. The van der Waals surface area contributed by atoms with Crippen molar-refractivity contribution < 1.29 is 33.8 Å². The van der Waals surface area contributed by atoms with E-state index in [0.717, 1.165) is 12.0 Å². The highest BCUT2D eigenvalue weighted by molar-refractivity contribution is 5.86. The SMILES string of the molecule is CC(C)(C)OC(=O)C[C@@H]1C/C=C\C[C@H](CC(=O)N(CCO)Cc2ccccc2)C(=O)N2CCC[C@@H]2COC1=O. The zero-order valence-corrected chi connectivity index (χ0v) is 23.3. The minimum Gasteiger partial charge on any atom is -0.463 e. The summed E-state index contributed by atoms with van der Waals surface area (Å²) in [6.45, 7) is 6.29. The number of aliphatic hydroxyl groups is 1. The predicted molar refractivity (Wildman–Crippen MR) is 145 cm³/mol. The quantitative estimate of drug-likeness (QED) is 0.396. The van der Waals surface area contributed by atoms with Gasteiger partial charge < -0.3 is 24.4 Å². The minimum absolute atomic E-state index is 0.0142. The van der Waals surface area contributed by atoms with E-state index < -0.39 is 29.4 Å². The van der Waals surface area contributed by atoms with E-state index in [1.54, 1.807) is 36.6 Å². The number of rotatable bonds is 8. The van der Waals surface area contributed by atoms with E-state index in [1.165, 1.54) is 0 Å². The molecule has 214 valence electrons. The van der Waals surface area contributed by atoms with E-state index >= 15 is 0 Å². The third-order valence-corrected chi connectivity index (χ3v) is 6.96. The number of nitrogens with zero attached hydrogens (tertiary/aromatic N) is 2. The van der Waals surface area contributed by atoms with Gasteiger partial charge in [0.15, 0.2) is 0 Å². The van der Waals surface area contributed by atoms with Gasteiger partial charge in [-0.25, -0.2) is 0 Å². The van der Waals surface area contributed by atoms with E-state index in [4.69, 9.17) is 9.47 Å². The van der Waals surface area contributed by atoms with E-state index in [9.17, 15) is 24.3 Å². The summed E-state index contributed by atoms with van der Waals surface area (Å²) in [5.41, 5.74) is 0.290. The molecule has 39 heavy (non-hydrogen) atoms. The van der Waals surface area contributed by atoms with Crippen molar-refractivity contribution >= 4 is 23.8 Å². The highest BCUT2D eigenvalue weighted by Gasteiger charge is 2.36. The molecule has 2 aliphatic heterocycles. The van der Waals surface area contributed by atoms with Crippen molar-refractivity contribution in [3.05, 3.63) is 48.0 Å². The van der Waals surface area contributed by atoms with Crippen LogP contribution in [0.3, 0.4) is 0 Å². The van der Waals surface area contributed by atoms with E-state index in [1.807, 2.05) is 36.4 Å². The molecule has 3 atom stereocenters. The minimum atomic E-state index is -0.688. The maximum absolute atomic E-state index is 13.6. The number of allylic oxidation sites excluding steroid dienone is 2. The molecule has 9 heteroatoms. The number of amides is 2. The Morgan fingerprint density at radius 3 is 2.44 bits per heavy atom. The number of benzene rings is 1. The first-order valence-electron chi connectivity index (χ1n) is 13.8. The molecule has 0 saturated carbocycles. The fourth-order valence-electron chi connectivity index (χ4n) is 5.03. The van der Waals surface area contributed by atoms with Crippen LogP contribution in [0.4, 0.5) is 0 Å². The molecule has 0 aliphatic carbocycles. The molecule has 1 N–H and O–H groups in total. The zero-order chi connectivity index (χ0) is 28.4. The summed E-state index contributed by atoms with van der Waals surface area (Å²) >= 11 is 0. The first-order valence-corrected chi connectivity index (χ1v) is 13.8. The largest absolute Gasteiger partial charge is 0.463 e. The predicted octanol–water partition coefficient (Wildman–Crippen LogP) is 3.25. The molecule has 0 radical (unpaired) electrons. The van der Waals surface area contributed by atoms with E-state index in [-0.39, 0.29) is 56.9 Å². The number of aliphatic hydroxyl groups excluding tert-OH is 1.